The van der Waals surface area contributed by atoms with E-state index < -0.39 is 0 Å². The Morgan fingerprint density at radius 1 is 1.21 bits per heavy atom. The van der Waals surface area contributed by atoms with E-state index in [4.69, 9.17) is 10.5 Å². The van der Waals surface area contributed by atoms with Crippen molar-refractivity contribution in [2.45, 2.75) is 6.42 Å². The number of nitrogens with two attached hydrogens (primary N) is 1. The van der Waals surface area contributed by atoms with Crippen molar-refractivity contribution in [3.8, 4) is 5.75 Å². The van der Waals surface area contributed by atoms with Crippen LogP contribution in [-0.2, 0) is 4.79 Å². The maximum Gasteiger partial charge on any atom is 0.260 e. The molecule has 1 saturated heterocycles. The second-order valence-electron chi connectivity index (χ2n) is 4.90. The number of likely N-dealkylation sites (N-methyl/N-ethyl adjacent to an activating group) is 1. The number of nitrogen functional groups attached to an aromatic ring is 1. The highest BCUT2D eigenvalue weighted by Gasteiger charge is 2.17. The van der Waals surface area contributed by atoms with Crippen molar-refractivity contribution in [2.24, 2.45) is 0 Å². The Kier molecular flexibility index (Phi) is 4.63. The molecule has 0 atom stereocenters. The Morgan fingerprint density at radius 3 is 2.68 bits per heavy atom. The predicted molar refractivity (Wildman–Crippen MR) is 75.0 cm³/mol. The predicted octanol–water partition coefficient (Wildman–Crippen LogP) is 0.812. The van der Waals surface area contributed by atoms with Gasteiger partial charge in [-0.15, -0.1) is 0 Å². The molecule has 0 aliphatic carbocycles. The fourth-order valence-electron chi connectivity index (χ4n) is 2.10. The highest BCUT2D eigenvalue weighted by atomic mass is 16.5. The molecule has 104 valence electrons. The summed E-state index contributed by atoms with van der Waals surface area (Å²) < 4.78 is 5.48. The fraction of sp³-hybridized carbons (Fsp3) is 0.500. The largest absolute Gasteiger partial charge is 0.484 e. The average molecular weight is 263 g/mol. The molecule has 1 aromatic rings. The van der Waals surface area contributed by atoms with Gasteiger partial charge < -0.3 is 20.3 Å². The van der Waals surface area contributed by atoms with Gasteiger partial charge >= 0.3 is 0 Å². The first-order valence-corrected chi connectivity index (χ1v) is 6.60. The minimum Gasteiger partial charge on any atom is -0.484 e. The highest BCUT2D eigenvalue weighted by molar-refractivity contribution is 5.77. The van der Waals surface area contributed by atoms with Crippen LogP contribution in [0.25, 0.3) is 0 Å². The zero-order valence-electron chi connectivity index (χ0n) is 11.3. The van der Waals surface area contributed by atoms with Gasteiger partial charge in [-0.1, -0.05) is 0 Å². The Hall–Kier alpha value is -1.75. The first kappa shape index (κ1) is 13.7. The van der Waals surface area contributed by atoms with Crippen molar-refractivity contribution in [2.75, 3.05) is 45.6 Å². The lowest BCUT2D eigenvalue weighted by Gasteiger charge is -2.20. The minimum absolute atomic E-state index is 0.0483. The molecule has 1 aromatic carbocycles. The standard InChI is InChI=1S/C14H21N3O2/c1-16-7-2-8-17(10-9-16)14(18)11-19-13-5-3-12(15)4-6-13/h3-6H,2,7-11,15H2,1H3. The normalized spacial score (nSPS) is 17.0. The third-order valence-electron chi connectivity index (χ3n) is 3.31. The summed E-state index contributed by atoms with van der Waals surface area (Å²) in [6, 6.07) is 7.08. The lowest BCUT2D eigenvalue weighted by molar-refractivity contribution is -0.133. The molecule has 0 aromatic heterocycles. The summed E-state index contributed by atoms with van der Waals surface area (Å²) in [7, 11) is 2.08. The van der Waals surface area contributed by atoms with Crippen LogP contribution in [0.15, 0.2) is 24.3 Å². The molecule has 0 bridgehead atoms. The summed E-state index contributed by atoms with van der Waals surface area (Å²) in [5.41, 5.74) is 6.28. The van der Waals surface area contributed by atoms with Crippen LogP contribution in [0.1, 0.15) is 6.42 Å². The molecule has 5 heteroatoms. The molecule has 19 heavy (non-hydrogen) atoms. The molecular formula is C14H21N3O2. The number of rotatable bonds is 3. The second-order valence-corrected chi connectivity index (χ2v) is 4.90. The zero-order valence-corrected chi connectivity index (χ0v) is 11.3. The minimum atomic E-state index is 0.0483. The van der Waals surface area contributed by atoms with Gasteiger partial charge in [0.15, 0.2) is 6.61 Å². The maximum atomic E-state index is 12.1. The van der Waals surface area contributed by atoms with Crippen molar-refractivity contribution >= 4 is 11.6 Å². The van der Waals surface area contributed by atoms with Crippen molar-refractivity contribution in [3.05, 3.63) is 24.3 Å². The smallest absolute Gasteiger partial charge is 0.260 e. The zero-order chi connectivity index (χ0) is 13.7. The van der Waals surface area contributed by atoms with Gasteiger partial charge in [0.25, 0.3) is 5.91 Å². The Balaban J connectivity index is 1.82. The SMILES string of the molecule is CN1CCCN(C(=O)COc2ccc(N)cc2)CC1. The van der Waals surface area contributed by atoms with E-state index in [1.807, 2.05) is 4.90 Å². The van der Waals surface area contributed by atoms with Gasteiger partial charge in [-0.05, 0) is 44.3 Å². The monoisotopic (exact) mass is 263 g/mol. The molecule has 0 radical (unpaired) electrons. The number of carbonyl (C=O) groups is 1. The fourth-order valence-corrected chi connectivity index (χ4v) is 2.10. The Labute approximate surface area is 113 Å². The van der Waals surface area contributed by atoms with E-state index >= 15 is 0 Å². The topological polar surface area (TPSA) is 58.8 Å². The molecule has 2 rings (SSSR count). The first-order valence-electron chi connectivity index (χ1n) is 6.60. The summed E-state index contributed by atoms with van der Waals surface area (Å²) in [6.45, 7) is 3.65. The summed E-state index contributed by atoms with van der Waals surface area (Å²) in [5.74, 6) is 0.724. The molecular weight excluding hydrogens is 242 g/mol. The van der Waals surface area contributed by atoms with Crippen LogP contribution in [0.4, 0.5) is 5.69 Å². The van der Waals surface area contributed by atoms with E-state index in [0.717, 1.165) is 32.6 Å². The average Bonchev–Trinajstić information content (AvgIpc) is 2.63. The van der Waals surface area contributed by atoms with E-state index in [9.17, 15) is 4.79 Å². The van der Waals surface area contributed by atoms with Crippen LogP contribution < -0.4 is 10.5 Å². The quantitative estimate of drug-likeness (QED) is 0.820. The van der Waals surface area contributed by atoms with Gasteiger partial charge in [0.2, 0.25) is 0 Å². The van der Waals surface area contributed by atoms with Crippen LogP contribution in [0, 0.1) is 0 Å². The number of anilines is 1. The summed E-state index contributed by atoms with van der Waals surface area (Å²) in [6.07, 6.45) is 1.02. The third-order valence-corrected chi connectivity index (χ3v) is 3.31. The molecule has 0 unspecified atom stereocenters. The lowest BCUT2D eigenvalue weighted by Crippen LogP contribution is -2.37. The third kappa shape index (κ3) is 4.13. The van der Waals surface area contributed by atoms with Gasteiger partial charge in [0, 0.05) is 25.3 Å². The summed E-state index contributed by atoms with van der Waals surface area (Å²) in [5, 5.41) is 0. The van der Waals surface area contributed by atoms with Crippen LogP contribution in [0.3, 0.4) is 0 Å². The number of amides is 1. The molecule has 1 aliphatic heterocycles. The van der Waals surface area contributed by atoms with Gasteiger partial charge in [-0.3, -0.25) is 4.79 Å². The molecule has 1 aliphatic rings. The van der Waals surface area contributed by atoms with E-state index in [1.165, 1.54) is 0 Å². The first-order chi connectivity index (χ1) is 9.15. The Bertz CT molecular complexity index is 419. The van der Waals surface area contributed by atoms with Gasteiger partial charge in [0.1, 0.15) is 5.75 Å². The van der Waals surface area contributed by atoms with E-state index in [-0.39, 0.29) is 12.5 Å². The molecule has 1 amide bonds. The number of carbonyl (C=O) groups excluding carboxylic acids is 1. The number of benzene rings is 1. The number of nitrogens with zero attached hydrogens (tertiary/aromatic N) is 2. The summed E-state index contributed by atoms with van der Waals surface area (Å²) >= 11 is 0. The highest BCUT2D eigenvalue weighted by Crippen LogP contribution is 2.13. The second kappa shape index (κ2) is 6.43. The van der Waals surface area contributed by atoms with Gasteiger partial charge in [0.05, 0.1) is 0 Å². The Morgan fingerprint density at radius 2 is 1.95 bits per heavy atom. The molecule has 1 heterocycles. The van der Waals surface area contributed by atoms with E-state index in [1.54, 1.807) is 24.3 Å². The van der Waals surface area contributed by atoms with E-state index in [2.05, 4.69) is 11.9 Å². The molecule has 0 spiro atoms. The van der Waals surface area contributed by atoms with Crippen LogP contribution in [0.5, 0.6) is 5.75 Å². The van der Waals surface area contributed by atoms with Gasteiger partial charge in [-0.25, -0.2) is 0 Å². The van der Waals surface area contributed by atoms with Crippen LogP contribution in [-0.4, -0.2) is 55.5 Å². The number of hydrogen-bond acceptors (Lipinski definition) is 4. The van der Waals surface area contributed by atoms with E-state index in [0.29, 0.717) is 11.4 Å². The summed E-state index contributed by atoms with van der Waals surface area (Å²) in [4.78, 5) is 16.2. The van der Waals surface area contributed by atoms with Crippen LogP contribution >= 0.6 is 0 Å². The van der Waals surface area contributed by atoms with Crippen molar-refractivity contribution in [1.29, 1.82) is 0 Å². The number of hydrogen-bond donors (Lipinski definition) is 1. The van der Waals surface area contributed by atoms with Crippen molar-refractivity contribution in [1.82, 2.24) is 9.80 Å². The molecule has 5 nitrogen and oxygen atoms in total. The van der Waals surface area contributed by atoms with Crippen LogP contribution in [0.2, 0.25) is 0 Å². The number of ether oxygens (including phenoxy) is 1. The molecule has 2 N–H and O–H groups in total. The maximum absolute atomic E-state index is 12.1. The van der Waals surface area contributed by atoms with Crippen molar-refractivity contribution < 1.29 is 9.53 Å². The lowest BCUT2D eigenvalue weighted by atomic mass is 10.3. The molecule has 1 fully saturated rings. The van der Waals surface area contributed by atoms with Crippen molar-refractivity contribution in [3.63, 3.8) is 0 Å². The molecule has 0 saturated carbocycles. The van der Waals surface area contributed by atoms with Gasteiger partial charge in [-0.2, -0.15) is 0 Å².